The zero-order valence-electron chi connectivity index (χ0n) is 10.8. The van der Waals surface area contributed by atoms with Gasteiger partial charge in [0.15, 0.2) is 0 Å². The fourth-order valence-corrected chi connectivity index (χ4v) is 2.46. The Labute approximate surface area is 110 Å². The first-order valence-electron chi connectivity index (χ1n) is 6.36. The largest absolute Gasteiger partial charge is 0.478 e. The minimum atomic E-state index is -0.942. The molecule has 1 aromatic carbocycles. The highest BCUT2D eigenvalue weighted by Crippen LogP contribution is 2.47. The summed E-state index contributed by atoms with van der Waals surface area (Å²) in [6, 6.07) is 4.99. The van der Waals surface area contributed by atoms with Gasteiger partial charge in [0.2, 0.25) is 0 Å². The number of benzene rings is 1. The molecule has 0 bridgehead atoms. The van der Waals surface area contributed by atoms with Gasteiger partial charge >= 0.3 is 5.97 Å². The standard InChI is InChI=1S/C14H16N2O3/c1-9-15-11-6-10(13(18)19)2-3-12(11)16(9)7-14(8-17)4-5-14/h2-3,6,17H,4-5,7-8H2,1H3,(H,18,19). The number of aromatic carboxylic acids is 1. The average molecular weight is 260 g/mol. The van der Waals surface area contributed by atoms with Gasteiger partial charge in [-0.3, -0.25) is 0 Å². The van der Waals surface area contributed by atoms with Crippen LogP contribution in [0.25, 0.3) is 11.0 Å². The first-order valence-corrected chi connectivity index (χ1v) is 6.36. The van der Waals surface area contributed by atoms with E-state index >= 15 is 0 Å². The van der Waals surface area contributed by atoms with Crippen LogP contribution in [-0.2, 0) is 6.54 Å². The van der Waals surface area contributed by atoms with Crippen LogP contribution in [0.5, 0.6) is 0 Å². The minimum Gasteiger partial charge on any atom is -0.478 e. The van der Waals surface area contributed by atoms with Crippen LogP contribution >= 0.6 is 0 Å². The summed E-state index contributed by atoms with van der Waals surface area (Å²) >= 11 is 0. The van der Waals surface area contributed by atoms with Crippen LogP contribution in [0.4, 0.5) is 0 Å². The fourth-order valence-electron chi connectivity index (χ4n) is 2.46. The van der Waals surface area contributed by atoms with Gasteiger partial charge in [0.25, 0.3) is 0 Å². The second-order valence-corrected chi connectivity index (χ2v) is 5.41. The Morgan fingerprint density at radius 3 is 2.79 bits per heavy atom. The van der Waals surface area contributed by atoms with E-state index in [-0.39, 0.29) is 17.6 Å². The minimum absolute atomic E-state index is 0.00383. The molecule has 1 aliphatic rings. The molecule has 5 nitrogen and oxygen atoms in total. The number of hydrogen-bond donors (Lipinski definition) is 2. The van der Waals surface area contributed by atoms with E-state index in [1.54, 1.807) is 18.2 Å². The lowest BCUT2D eigenvalue weighted by Gasteiger charge is -2.14. The number of fused-ring (bicyclic) bond motifs is 1. The van der Waals surface area contributed by atoms with Crippen LogP contribution in [0.1, 0.15) is 29.0 Å². The number of aliphatic hydroxyl groups is 1. The zero-order valence-corrected chi connectivity index (χ0v) is 10.8. The molecule has 2 aromatic rings. The molecule has 0 spiro atoms. The molecule has 0 saturated heterocycles. The van der Waals surface area contributed by atoms with Gasteiger partial charge in [0.05, 0.1) is 23.2 Å². The number of hydrogen-bond acceptors (Lipinski definition) is 3. The second-order valence-electron chi connectivity index (χ2n) is 5.41. The number of imidazole rings is 1. The summed E-state index contributed by atoms with van der Waals surface area (Å²) < 4.78 is 2.07. The SMILES string of the molecule is Cc1nc2cc(C(=O)O)ccc2n1CC1(CO)CC1. The quantitative estimate of drug-likeness (QED) is 0.879. The summed E-state index contributed by atoms with van der Waals surface area (Å²) in [5.41, 5.74) is 1.89. The van der Waals surface area contributed by atoms with Gasteiger partial charge in [-0.25, -0.2) is 9.78 Å². The number of carbonyl (C=O) groups is 1. The van der Waals surface area contributed by atoms with E-state index in [1.165, 1.54) is 0 Å². The summed E-state index contributed by atoms with van der Waals surface area (Å²) in [5, 5.41) is 18.4. The summed E-state index contributed by atoms with van der Waals surface area (Å²) in [4.78, 5) is 15.4. The van der Waals surface area contributed by atoms with E-state index in [4.69, 9.17) is 5.11 Å². The average Bonchev–Trinajstić information content (AvgIpc) is 3.10. The van der Waals surface area contributed by atoms with Gasteiger partial charge in [-0.1, -0.05) is 0 Å². The normalized spacial score (nSPS) is 16.7. The highest BCUT2D eigenvalue weighted by Gasteiger charge is 2.42. The molecule has 0 radical (unpaired) electrons. The highest BCUT2D eigenvalue weighted by molar-refractivity contribution is 5.92. The Morgan fingerprint density at radius 1 is 1.47 bits per heavy atom. The van der Waals surface area contributed by atoms with E-state index < -0.39 is 5.97 Å². The van der Waals surface area contributed by atoms with E-state index in [1.807, 2.05) is 6.92 Å². The van der Waals surface area contributed by atoms with Crippen molar-refractivity contribution in [3.8, 4) is 0 Å². The lowest BCUT2D eigenvalue weighted by Crippen LogP contribution is -2.16. The van der Waals surface area contributed by atoms with Crippen molar-refractivity contribution in [3.05, 3.63) is 29.6 Å². The lowest BCUT2D eigenvalue weighted by atomic mass is 10.1. The molecule has 0 amide bonds. The maximum absolute atomic E-state index is 11.0. The molecule has 19 heavy (non-hydrogen) atoms. The maximum Gasteiger partial charge on any atom is 0.335 e. The molecule has 2 N–H and O–H groups in total. The Balaban J connectivity index is 2.05. The molecule has 1 fully saturated rings. The van der Waals surface area contributed by atoms with E-state index in [0.29, 0.717) is 5.52 Å². The predicted octanol–water partition coefficient (Wildman–Crippen LogP) is 1.82. The van der Waals surface area contributed by atoms with E-state index in [0.717, 1.165) is 30.7 Å². The van der Waals surface area contributed by atoms with Crippen molar-refractivity contribution in [2.24, 2.45) is 5.41 Å². The molecule has 0 unspecified atom stereocenters. The van der Waals surface area contributed by atoms with Gasteiger partial charge in [0.1, 0.15) is 5.82 Å². The Morgan fingerprint density at radius 2 is 2.21 bits per heavy atom. The number of rotatable bonds is 4. The topological polar surface area (TPSA) is 75.3 Å². The molecule has 1 saturated carbocycles. The van der Waals surface area contributed by atoms with Crippen LogP contribution in [-0.4, -0.2) is 32.3 Å². The lowest BCUT2D eigenvalue weighted by molar-refractivity contribution is 0.0697. The van der Waals surface area contributed by atoms with Crippen molar-refractivity contribution >= 4 is 17.0 Å². The summed E-state index contributed by atoms with van der Waals surface area (Å²) in [5.74, 6) is -0.0830. The van der Waals surface area contributed by atoms with Crippen molar-refractivity contribution in [2.45, 2.75) is 26.3 Å². The van der Waals surface area contributed by atoms with Crippen molar-refractivity contribution in [3.63, 3.8) is 0 Å². The maximum atomic E-state index is 11.0. The first-order chi connectivity index (χ1) is 9.04. The van der Waals surface area contributed by atoms with Crippen LogP contribution in [0.15, 0.2) is 18.2 Å². The van der Waals surface area contributed by atoms with Crippen molar-refractivity contribution in [1.82, 2.24) is 9.55 Å². The molecule has 5 heteroatoms. The Kier molecular flexibility index (Phi) is 2.60. The molecule has 1 heterocycles. The molecule has 1 aromatic heterocycles. The number of carboxylic acid groups (broad SMARTS) is 1. The van der Waals surface area contributed by atoms with Crippen LogP contribution in [0.2, 0.25) is 0 Å². The highest BCUT2D eigenvalue weighted by atomic mass is 16.4. The van der Waals surface area contributed by atoms with Gasteiger partial charge in [-0.05, 0) is 38.0 Å². The molecule has 0 atom stereocenters. The summed E-state index contributed by atoms with van der Waals surface area (Å²) in [7, 11) is 0. The van der Waals surface area contributed by atoms with Crippen molar-refractivity contribution in [2.75, 3.05) is 6.61 Å². The smallest absolute Gasteiger partial charge is 0.335 e. The van der Waals surface area contributed by atoms with Crippen molar-refractivity contribution < 1.29 is 15.0 Å². The van der Waals surface area contributed by atoms with Gasteiger partial charge in [-0.15, -0.1) is 0 Å². The molecular weight excluding hydrogens is 244 g/mol. The number of aliphatic hydroxyl groups excluding tert-OH is 1. The predicted molar refractivity (Wildman–Crippen MR) is 70.2 cm³/mol. The van der Waals surface area contributed by atoms with Gasteiger partial charge in [0, 0.05) is 12.0 Å². The second kappa shape index (κ2) is 4.06. The third-order valence-electron chi connectivity index (χ3n) is 3.97. The monoisotopic (exact) mass is 260 g/mol. The number of nitrogens with zero attached hydrogens (tertiary/aromatic N) is 2. The number of aryl methyl sites for hydroxylation is 1. The van der Waals surface area contributed by atoms with Crippen LogP contribution in [0, 0.1) is 12.3 Å². The zero-order chi connectivity index (χ0) is 13.6. The molecule has 1 aliphatic carbocycles. The van der Waals surface area contributed by atoms with E-state index in [9.17, 15) is 9.90 Å². The Hall–Kier alpha value is -1.88. The summed E-state index contributed by atoms with van der Waals surface area (Å²) in [6.07, 6.45) is 2.08. The molecule has 3 rings (SSSR count). The van der Waals surface area contributed by atoms with E-state index in [2.05, 4.69) is 9.55 Å². The van der Waals surface area contributed by atoms with Gasteiger partial charge < -0.3 is 14.8 Å². The third-order valence-corrected chi connectivity index (χ3v) is 3.97. The first kappa shape index (κ1) is 12.2. The van der Waals surface area contributed by atoms with Crippen LogP contribution in [0.3, 0.4) is 0 Å². The van der Waals surface area contributed by atoms with Crippen LogP contribution < -0.4 is 0 Å². The molecule has 0 aliphatic heterocycles. The molecule has 100 valence electrons. The van der Waals surface area contributed by atoms with Gasteiger partial charge in [-0.2, -0.15) is 0 Å². The summed E-state index contributed by atoms with van der Waals surface area (Å²) in [6.45, 7) is 2.85. The fraction of sp³-hybridized carbons (Fsp3) is 0.429. The Bertz CT molecular complexity index is 656. The molecular formula is C14H16N2O3. The number of carboxylic acids is 1. The third kappa shape index (κ3) is 2.00. The van der Waals surface area contributed by atoms with Crippen molar-refractivity contribution in [1.29, 1.82) is 0 Å². The number of aromatic nitrogens is 2.